The predicted octanol–water partition coefficient (Wildman–Crippen LogP) is 3.28. The number of hydrogen-bond acceptors (Lipinski definition) is 5. The van der Waals surface area contributed by atoms with E-state index in [-0.39, 0.29) is 32.5 Å². The second kappa shape index (κ2) is 11.4. The Morgan fingerprint density at radius 2 is 1.39 bits per heavy atom. The van der Waals surface area contributed by atoms with Gasteiger partial charge in [-0.1, -0.05) is 60.7 Å². The zero-order valence-electron chi connectivity index (χ0n) is 15.4. The van der Waals surface area contributed by atoms with Crippen LogP contribution in [-0.4, -0.2) is 29.2 Å². The van der Waals surface area contributed by atoms with Crippen molar-refractivity contribution in [3.8, 4) is 0 Å². The summed E-state index contributed by atoms with van der Waals surface area (Å²) >= 11 is 0. The summed E-state index contributed by atoms with van der Waals surface area (Å²) in [7, 11) is 0. The molecule has 2 rings (SSSR count). The lowest BCUT2D eigenvalue weighted by Gasteiger charge is -2.17. The third-order valence-corrected chi connectivity index (χ3v) is 3.90. The number of nitrogens with one attached hydrogen (secondary N) is 1. The number of rotatable bonds is 10. The molecule has 0 aliphatic heterocycles. The quantitative estimate of drug-likeness (QED) is 0.609. The van der Waals surface area contributed by atoms with E-state index in [9.17, 15) is 14.4 Å². The Bertz CT molecular complexity index is 763. The SMILES string of the molecule is O=C(O)CCC[C@H](NC(=O)OCc1ccccc1)C(=O)OCc1ccccc1. The van der Waals surface area contributed by atoms with E-state index < -0.39 is 24.1 Å². The fourth-order valence-corrected chi connectivity index (χ4v) is 2.44. The van der Waals surface area contributed by atoms with Crippen molar-refractivity contribution in [2.75, 3.05) is 0 Å². The van der Waals surface area contributed by atoms with E-state index in [0.717, 1.165) is 11.1 Å². The van der Waals surface area contributed by atoms with Crippen LogP contribution in [0.4, 0.5) is 4.79 Å². The van der Waals surface area contributed by atoms with Gasteiger partial charge in [0.25, 0.3) is 0 Å². The number of benzene rings is 2. The molecule has 2 aromatic carbocycles. The van der Waals surface area contributed by atoms with Gasteiger partial charge >= 0.3 is 18.0 Å². The molecule has 0 spiro atoms. The minimum Gasteiger partial charge on any atom is -0.481 e. The summed E-state index contributed by atoms with van der Waals surface area (Å²) in [6.07, 6.45) is -0.510. The first-order valence-electron chi connectivity index (χ1n) is 8.94. The highest BCUT2D eigenvalue weighted by Crippen LogP contribution is 2.08. The van der Waals surface area contributed by atoms with E-state index >= 15 is 0 Å². The van der Waals surface area contributed by atoms with E-state index in [1.807, 2.05) is 60.7 Å². The van der Waals surface area contributed by atoms with Crippen LogP contribution in [0.25, 0.3) is 0 Å². The number of carbonyl (C=O) groups excluding carboxylic acids is 2. The molecule has 0 saturated carbocycles. The lowest BCUT2D eigenvalue weighted by atomic mass is 10.1. The number of alkyl carbamates (subject to hydrolysis) is 1. The van der Waals surface area contributed by atoms with Crippen molar-refractivity contribution in [2.45, 2.75) is 38.5 Å². The normalized spacial score (nSPS) is 11.3. The molecule has 0 fully saturated rings. The van der Waals surface area contributed by atoms with Crippen molar-refractivity contribution >= 4 is 18.0 Å². The summed E-state index contributed by atoms with van der Waals surface area (Å²) in [6, 6.07) is 17.3. The Kier molecular flexibility index (Phi) is 8.52. The fraction of sp³-hybridized carbons (Fsp3) is 0.286. The second-order valence-corrected chi connectivity index (χ2v) is 6.14. The lowest BCUT2D eigenvalue weighted by Crippen LogP contribution is -2.42. The van der Waals surface area contributed by atoms with E-state index in [2.05, 4.69) is 5.32 Å². The smallest absolute Gasteiger partial charge is 0.408 e. The molecule has 148 valence electrons. The molecule has 0 unspecified atom stereocenters. The highest BCUT2D eigenvalue weighted by Gasteiger charge is 2.23. The highest BCUT2D eigenvalue weighted by atomic mass is 16.6. The standard InChI is InChI=1S/C21H23NO6/c23-19(24)13-7-12-18(20(25)27-14-16-8-3-1-4-9-16)22-21(26)28-15-17-10-5-2-6-11-17/h1-6,8-11,18H,7,12-15H2,(H,22,26)(H,23,24)/t18-/m0/s1. The van der Waals surface area contributed by atoms with Crippen LogP contribution in [0.3, 0.4) is 0 Å². The Morgan fingerprint density at radius 3 is 1.93 bits per heavy atom. The maximum Gasteiger partial charge on any atom is 0.408 e. The van der Waals surface area contributed by atoms with Crippen molar-refractivity contribution in [1.29, 1.82) is 0 Å². The van der Waals surface area contributed by atoms with Gasteiger partial charge in [-0.15, -0.1) is 0 Å². The molecule has 7 heteroatoms. The monoisotopic (exact) mass is 385 g/mol. The van der Waals surface area contributed by atoms with E-state index in [1.165, 1.54) is 0 Å². The number of aliphatic carboxylic acids is 1. The van der Waals surface area contributed by atoms with Crippen molar-refractivity contribution in [3.63, 3.8) is 0 Å². The predicted molar refractivity (Wildman–Crippen MR) is 101 cm³/mol. The van der Waals surface area contributed by atoms with Gasteiger partial charge in [0.2, 0.25) is 0 Å². The van der Waals surface area contributed by atoms with Gasteiger partial charge in [0, 0.05) is 6.42 Å². The topological polar surface area (TPSA) is 102 Å². The summed E-state index contributed by atoms with van der Waals surface area (Å²) < 4.78 is 10.4. The summed E-state index contributed by atoms with van der Waals surface area (Å²) in [4.78, 5) is 35.1. The summed E-state index contributed by atoms with van der Waals surface area (Å²) in [5.41, 5.74) is 1.62. The lowest BCUT2D eigenvalue weighted by molar-refractivity contribution is -0.148. The largest absolute Gasteiger partial charge is 0.481 e. The number of esters is 1. The Hall–Kier alpha value is -3.35. The highest BCUT2D eigenvalue weighted by molar-refractivity contribution is 5.81. The minimum absolute atomic E-state index is 0.0631. The molecule has 28 heavy (non-hydrogen) atoms. The van der Waals surface area contributed by atoms with Gasteiger partial charge in [-0.25, -0.2) is 9.59 Å². The van der Waals surface area contributed by atoms with Crippen LogP contribution in [0.1, 0.15) is 30.4 Å². The van der Waals surface area contributed by atoms with Gasteiger partial charge in [-0.2, -0.15) is 0 Å². The van der Waals surface area contributed by atoms with Crippen molar-refractivity contribution < 1.29 is 29.0 Å². The van der Waals surface area contributed by atoms with Crippen LogP contribution in [0, 0.1) is 0 Å². The van der Waals surface area contributed by atoms with Crippen LogP contribution in [0.5, 0.6) is 0 Å². The van der Waals surface area contributed by atoms with E-state index in [0.29, 0.717) is 0 Å². The second-order valence-electron chi connectivity index (χ2n) is 6.14. The zero-order chi connectivity index (χ0) is 20.2. The molecule has 2 N–H and O–H groups in total. The van der Waals surface area contributed by atoms with Crippen molar-refractivity contribution in [2.24, 2.45) is 0 Å². The fourth-order valence-electron chi connectivity index (χ4n) is 2.44. The molecule has 0 bridgehead atoms. The molecule has 0 heterocycles. The van der Waals surface area contributed by atoms with Crippen LogP contribution < -0.4 is 5.32 Å². The molecule has 1 amide bonds. The van der Waals surface area contributed by atoms with Gasteiger partial charge in [0.05, 0.1) is 0 Å². The van der Waals surface area contributed by atoms with Crippen LogP contribution >= 0.6 is 0 Å². The first kappa shape index (κ1) is 21.0. The van der Waals surface area contributed by atoms with Crippen molar-refractivity contribution in [3.05, 3.63) is 71.8 Å². The third-order valence-electron chi connectivity index (χ3n) is 3.90. The molecule has 0 saturated heterocycles. The molecule has 0 aliphatic carbocycles. The first-order chi connectivity index (χ1) is 13.5. The molecule has 2 aromatic rings. The average molecular weight is 385 g/mol. The van der Waals surface area contributed by atoms with Crippen LogP contribution in [-0.2, 0) is 32.3 Å². The Morgan fingerprint density at radius 1 is 0.857 bits per heavy atom. The van der Waals surface area contributed by atoms with Crippen LogP contribution in [0.15, 0.2) is 60.7 Å². The maximum absolute atomic E-state index is 12.4. The zero-order valence-corrected chi connectivity index (χ0v) is 15.4. The van der Waals surface area contributed by atoms with Gasteiger partial charge in [-0.05, 0) is 24.0 Å². The summed E-state index contributed by atoms with van der Waals surface area (Å²) in [5.74, 6) is -1.60. The summed E-state index contributed by atoms with van der Waals surface area (Å²) in [5, 5.41) is 11.2. The Labute approximate surface area is 163 Å². The number of carboxylic acid groups (broad SMARTS) is 1. The maximum atomic E-state index is 12.4. The van der Waals surface area contributed by atoms with E-state index in [4.69, 9.17) is 14.6 Å². The van der Waals surface area contributed by atoms with Gasteiger partial charge in [-0.3, -0.25) is 4.79 Å². The van der Waals surface area contributed by atoms with Crippen molar-refractivity contribution in [1.82, 2.24) is 5.32 Å². The minimum atomic E-state index is -0.980. The first-order valence-corrected chi connectivity index (χ1v) is 8.94. The Balaban J connectivity index is 1.88. The molecular weight excluding hydrogens is 362 g/mol. The van der Waals surface area contributed by atoms with Gasteiger partial charge in [0.15, 0.2) is 0 Å². The van der Waals surface area contributed by atoms with Crippen LogP contribution in [0.2, 0.25) is 0 Å². The third kappa shape index (κ3) is 7.90. The van der Waals surface area contributed by atoms with Gasteiger partial charge in [0.1, 0.15) is 19.3 Å². The average Bonchev–Trinajstić information content (AvgIpc) is 2.71. The molecule has 7 nitrogen and oxygen atoms in total. The summed E-state index contributed by atoms with van der Waals surface area (Å²) in [6.45, 7) is 0.128. The van der Waals surface area contributed by atoms with E-state index in [1.54, 1.807) is 0 Å². The van der Waals surface area contributed by atoms with Gasteiger partial charge < -0.3 is 19.9 Å². The number of carboxylic acids is 1. The molecule has 0 radical (unpaired) electrons. The molecule has 0 aliphatic rings. The number of ether oxygens (including phenoxy) is 2. The number of hydrogen-bond donors (Lipinski definition) is 2. The molecular formula is C21H23NO6. The molecule has 0 aromatic heterocycles. The number of carbonyl (C=O) groups is 3. The number of amides is 1. The molecule has 1 atom stereocenters.